The van der Waals surface area contributed by atoms with E-state index in [1.165, 1.54) is 19.1 Å². The number of nitro groups is 2. The van der Waals surface area contributed by atoms with Gasteiger partial charge in [0.25, 0.3) is 17.3 Å². The first-order valence-corrected chi connectivity index (χ1v) is 11.9. The van der Waals surface area contributed by atoms with Crippen molar-refractivity contribution in [3.63, 3.8) is 0 Å². The van der Waals surface area contributed by atoms with Gasteiger partial charge in [-0.3, -0.25) is 30.3 Å². The van der Waals surface area contributed by atoms with E-state index in [2.05, 4.69) is 20.2 Å². The third-order valence-corrected chi connectivity index (χ3v) is 7.04. The van der Waals surface area contributed by atoms with Crippen molar-refractivity contribution in [2.75, 3.05) is 11.9 Å². The number of aromatic nitrogens is 2. The van der Waals surface area contributed by atoms with Gasteiger partial charge in [0.1, 0.15) is 5.01 Å². The number of hydrogen-bond donors (Lipinski definition) is 2. The number of anilines is 1. The van der Waals surface area contributed by atoms with Gasteiger partial charge in [-0.1, -0.05) is 29.0 Å². The molecule has 0 saturated carbocycles. The number of aryl methyl sites for hydroxylation is 1. The molecule has 0 radical (unpaired) electrons. The van der Waals surface area contributed by atoms with Gasteiger partial charge in [0.2, 0.25) is 15.2 Å². The minimum absolute atomic E-state index is 0.0367. The van der Waals surface area contributed by atoms with Gasteiger partial charge in [0, 0.05) is 24.6 Å². The summed E-state index contributed by atoms with van der Waals surface area (Å²) in [5.74, 6) is -0.827. The third kappa shape index (κ3) is 5.75. The van der Waals surface area contributed by atoms with Gasteiger partial charge in [0.05, 0.1) is 26.4 Å². The smallest absolute Gasteiger partial charge is 0.279 e. The molecular weight excluding hydrogens is 488 g/mol. The number of hydrogen-bond acceptors (Lipinski definition) is 10. The Balaban J connectivity index is 1.67. The Hall–Kier alpha value is -3.82. The second kappa shape index (κ2) is 9.98. The molecule has 0 unspecified atom stereocenters. The van der Waals surface area contributed by atoms with E-state index in [9.17, 15) is 33.4 Å². The third-order valence-electron chi connectivity index (χ3n) is 4.67. The number of carbonyl (C=O) groups is 1. The first-order valence-electron chi connectivity index (χ1n) is 9.61. The molecule has 2 N–H and O–H groups in total. The van der Waals surface area contributed by atoms with Crippen LogP contribution in [0.15, 0.2) is 41.3 Å². The number of carbonyl (C=O) groups excluding carboxylic acids is 1. The lowest BCUT2D eigenvalue weighted by Crippen LogP contribution is -2.25. The molecular formula is C19H18N6O7S2. The van der Waals surface area contributed by atoms with E-state index in [4.69, 9.17) is 0 Å². The van der Waals surface area contributed by atoms with Crippen LogP contribution in [0, 0.1) is 34.1 Å². The lowest BCUT2D eigenvalue weighted by molar-refractivity contribution is -0.394. The summed E-state index contributed by atoms with van der Waals surface area (Å²) < 4.78 is 27.1. The van der Waals surface area contributed by atoms with Crippen LogP contribution < -0.4 is 10.0 Å². The van der Waals surface area contributed by atoms with Gasteiger partial charge >= 0.3 is 0 Å². The van der Waals surface area contributed by atoms with Crippen molar-refractivity contribution >= 4 is 43.8 Å². The molecule has 0 aliphatic rings. The topological polar surface area (TPSA) is 187 Å². The molecule has 34 heavy (non-hydrogen) atoms. The molecule has 3 rings (SSSR count). The highest BCUT2D eigenvalue weighted by atomic mass is 32.2. The van der Waals surface area contributed by atoms with Crippen LogP contribution in [-0.2, 0) is 16.4 Å². The van der Waals surface area contributed by atoms with E-state index < -0.39 is 37.2 Å². The van der Waals surface area contributed by atoms with Crippen molar-refractivity contribution in [1.82, 2.24) is 14.9 Å². The summed E-state index contributed by atoms with van der Waals surface area (Å²) in [4.78, 5) is 33.4. The molecule has 2 aromatic carbocycles. The number of rotatable bonds is 9. The number of nitro benzene ring substituents is 2. The van der Waals surface area contributed by atoms with Crippen molar-refractivity contribution < 1.29 is 23.1 Å². The quantitative estimate of drug-likeness (QED) is 0.325. The van der Waals surface area contributed by atoms with E-state index in [0.29, 0.717) is 5.01 Å². The monoisotopic (exact) mass is 506 g/mol. The van der Waals surface area contributed by atoms with E-state index in [0.717, 1.165) is 29.0 Å². The Morgan fingerprint density at radius 1 is 1.06 bits per heavy atom. The molecule has 15 heteroatoms. The van der Waals surface area contributed by atoms with Gasteiger partial charge < -0.3 is 0 Å². The minimum atomic E-state index is -3.70. The molecule has 0 atom stereocenters. The summed E-state index contributed by atoms with van der Waals surface area (Å²) in [5.41, 5.74) is -0.511. The molecule has 3 aromatic rings. The molecule has 0 bridgehead atoms. The number of benzene rings is 2. The highest BCUT2D eigenvalue weighted by Gasteiger charge is 2.25. The van der Waals surface area contributed by atoms with Crippen LogP contribution in [0.3, 0.4) is 0 Å². The van der Waals surface area contributed by atoms with Crippen LogP contribution >= 0.6 is 11.3 Å². The Bertz CT molecular complexity index is 1370. The second-order valence-corrected chi connectivity index (χ2v) is 9.90. The van der Waals surface area contributed by atoms with Gasteiger partial charge in [0.15, 0.2) is 0 Å². The number of nitrogens with one attached hydrogen (secondary N) is 2. The maximum Gasteiger partial charge on any atom is 0.279 e. The SMILES string of the molecule is Cc1ccc(S(=O)(=O)NCCc2nnc(NC(=O)c3cc([N+](=O)[O-])cc([N+](=O)[O-])c3C)s2)cc1. The van der Waals surface area contributed by atoms with Crippen LogP contribution in [0.4, 0.5) is 16.5 Å². The molecule has 0 fully saturated rings. The van der Waals surface area contributed by atoms with Gasteiger partial charge in [-0.25, -0.2) is 13.1 Å². The average molecular weight is 507 g/mol. The highest BCUT2D eigenvalue weighted by Crippen LogP contribution is 2.29. The predicted molar refractivity (Wildman–Crippen MR) is 122 cm³/mol. The zero-order chi connectivity index (χ0) is 25.0. The van der Waals surface area contributed by atoms with Crippen LogP contribution in [0.5, 0.6) is 0 Å². The molecule has 13 nitrogen and oxygen atoms in total. The fourth-order valence-electron chi connectivity index (χ4n) is 2.88. The number of amides is 1. The first-order chi connectivity index (χ1) is 16.0. The molecule has 0 aliphatic carbocycles. The number of non-ortho nitro benzene ring substituents is 1. The van der Waals surface area contributed by atoms with Gasteiger partial charge in [-0.05, 0) is 26.0 Å². The zero-order valence-corrected chi connectivity index (χ0v) is 19.5. The Morgan fingerprint density at radius 3 is 2.35 bits per heavy atom. The fourth-order valence-corrected chi connectivity index (χ4v) is 4.64. The van der Waals surface area contributed by atoms with Gasteiger partial charge in [-0.2, -0.15) is 0 Å². The maximum absolute atomic E-state index is 12.6. The number of nitrogens with zero attached hydrogens (tertiary/aromatic N) is 4. The highest BCUT2D eigenvalue weighted by molar-refractivity contribution is 7.89. The molecule has 178 valence electrons. The molecule has 1 aromatic heterocycles. The van der Waals surface area contributed by atoms with Crippen LogP contribution in [0.25, 0.3) is 0 Å². The molecule has 1 amide bonds. The van der Waals surface area contributed by atoms with Crippen molar-refractivity contribution in [3.8, 4) is 0 Å². The Kier molecular flexibility index (Phi) is 7.29. The largest absolute Gasteiger partial charge is 0.296 e. The first kappa shape index (κ1) is 24.8. The predicted octanol–water partition coefficient (Wildman–Crippen LogP) is 2.74. The van der Waals surface area contributed by atoms with Gasteiger partial charge in [-0.15, -0.1) is 10.2 Å². The van der Waals surface area contributed by atoms with Crippen molar-refractivity contribution in [1.29, 1.82) is 0 Å². The van der Waals surface area contributed by atoms with E-state index in [-0.39, 0.29) is 34.1 Å². The summed E-state index contributed by atoms with van der Waals surface area (Å²) in [6.45, 7) is 3.19. The Labute approximate surface area is 197 Å². The second-order valence-electron chi connectivity index (χ2n) is 7.07. The molecule has 0 saturated heterocycles. The normalized spacial score (nSPS) is 11.2. The van der Waals surface area contributed by atoms with E-state index in [1.807, 2.05) is 6.92 Å². The zero-order valence-electron chi connectivity index (χ0n) is 17.8. The maximum atomic E-state index is 12.6. The van der Waals surface area contributed by atoms with Crippen molar-refractivity contribution in [2.45, 2.75) is 25.2 Å². The van der Waals surface area contributed by atoms with Crippen LogP contribution in [0.2, 0.25) is 0 Å². The van der Waals surface area contributed by atoms with Crippen molar-refractivity contribution in [2.24, 2.45) is 0 Å². The lowest BCUT2D eigenvalue weighted by Gasteiger charge is -2.06. The van der Waals surface area contributed by atoms with Crippen LogP contribution in [0.1, 0.15) is 26.5 Å². The standard InChI is InChI=1S/C19H18N6O7S2/c1-11-3-5-14(6-4-11)34(31,32)20-8-7-17-22-23-19(33-17)21-18(26)15-9-13(24(27)28)10-16(12(15)2)25(29)30/h3-6,9-10,20H,7-8H2,1-2H3,(H,21,23,26). The minimum Gasteiger partial charge on any atom is -0.296 e. The fraction of sp³-hybridized carbons (Fsp3) is 0.211. The van der Waals surface area contributed by atoms with E-state index in [1.54, 1.807) is 12.1 Å². The van der Waals surface area contributed by atoms with E-state index >= 15 is 0 Å². The van der Waals surface area contributed by atoms with Crippen LogP contribution in [-0.4, -0.2) is 40.9 Å². The summed E-state index contributed by atoms with van der Waals surface area (Å²) in [6.07, 6.45) is 0.194. The summed E-state index contributed by atoms with van der Waals surface area (Å²) in [5, 5.41) is 32.8. The molecule has 0 spiro atoms. The number of sulfonamides is 1. The molecule has 1 heterocycles. The molecule has 0 aliphatic heterocycles. The summed E-state index contributed by atoms with van der Waals surface area (Å²) in [7, 11) is -3.70. The Morgan fingerprint density at radius 2 is 1.74 bits per heavy atom. The lowest BCUT2D eigenvalue weighted by atomic mass is 10.0. The summed E-state index contributed by atoms with van der Waals surface area (Å²) >= 11 is 0.974. The summed E-state index contributed by atoms with van der Waals surface area (Å²) in [6, 6.07) is 8.09. The van der Waals surface area contributed by atoms with Crippen molar-refractivity contribution in [3.05, 3.63) is 78.3 Å². The average Bonchev–Trinajstić information content (AvgIpc) is 3.20.